The number of amides is 2. The number of carbonyl (C=O) groups is 2. The molecule has 2 rings (SSSR count). The Kier molecular flexibility index (Phi) is 5.99. The quantitative estimate of drug-likeness (QED) is 0.785. The molecule has 1 heterocycles. The number of ether oxygens (including phenoxy) is 2. The van der Waals surface area contributed by atoms with Crippen LogP contribution in [0, 0.1) is 0 Å². The lowest BCUT2D eigenvalue weighted by molar-refractivity contribution is -0.132. The van der Waals surface area contributed by atoms with Crippen molar-refractivity contribution in [2.24, 2.45) is 0 Å². The number of benzene rings is 1. The van der Waals surface area contributed by atoms with Crippen molar-refractivity contribution in [2.75, 3.05) is 34.9 Å². The highest BCUT2D eigenvalue weighted by atomic mass is 32.2. The second-order valence-corrected chi connectivity index (χ2v) is 7.24. The number of rotatable bonds is 6. The molecule has 2 atom stereocenters. The normalized spacial score (nSPS) is 20.2. The molecule has 1 aliphatic heterocycles. The molecule has 0 spiro atoms. The van der Waals surface area contributed by atoms with Crippen molar-refractivity contribution in [3.8, 4) is 11.5 Å². The van der Waals surface area contributed by atoms with Crippen molar-refractivity contribution in [2.45, 2.75) is 24.0 Å². The third-order valence-electron chi connectivity index (χ3n) is 4.01. The van der Waals surface area contributed by atoms with Crippen LogP contribution in [0.15, 0.2) is 18.2 Å². The van der Waals surface area contributed by atoms with Crippen LogP contribution in [0.4, 0.5) is 0 Å². The number of methoxy groups -OCH3 is 2. The zero-order valence-electron chi connectivity index (χ0n) is 14.7. The fraction of sp³-hybridized carbons (Fsp3) is 0.529. The molecule has 1 aromatic carbocycles. The fourth-order valence-electron chi connectivity index (χ4n) is 2.61. The maximum absolute atomic E-state index is 12.5. The van der Waals surface area contributed by atoms with Crippen LogP contribution in [0.25, 0.3) is 0 Å². The van der Waals surface area contributed by atoms with Crippen LogP contribution in [0.3, 0.4) is 0 Å². The monoisotopic (exact) mass is 352 g/mol. The minimum Gasteiger partial charge on any atom is -0.493 e. The molecular formula is C17H24N2O4S. The van der Waals surface area contributed by atoms with Gasteiger partial charge in [-0.2, -0.15) is 0 Å². The van der Waals surface area contributed by atoms with Crippen molar-refractivity contribution in [1.29, 1.82) is 0 Å². The van der Waals surface area contributed by atoms with Gasteiger partial charge in [-0.1, -0.05) is 6.07 Å². The molecule has 6 nitrogen and oxygen atoms in total. The highest BCUT2D eigenvalue weighted by molar-refractivity contribution is 8.01. The average molecular weight is 352 g/mol. The largest absolute Gasteiger partial charge is 0.493 e. The molecule has 1 fully saturated rings. The smallest absolute Gasteiger partial charge is 0.236 e. The summed E-state index contributed by atoms with van der Waals surface area (Å²) >= 11 is 1.58. The minimum absolute atomic E-state index is 0.0124. The van der Waals surface area contributed by atoms with Crippen LogP contribution in [0.1, 0.15) is 24.3 Å². The summed E-state index contributed by atoms with van der Waals surface area (Å²) in [4.78, 5) is 27.7. The molecule has 1 saturated heterocycles. The molecule has 1 aromatic rings. The van der Waals surface area contributed by atoms with Gasteiger partial charge >= 0.3 is 0 Å². The summed E-state index contributed by atoms with van der Waals surface area (Å²) in [7, 11) is 6.62. The highest BCUT2D eigenvalue weighted by Gasteiger charge is 2.38. The second-order valence-electron chi connectivity index (χ2n) is 5.81. The van der Waals surface area contributed by atoms with Gasteiger partial charge in [-0.3, -0.25) is 9.59 Å². The Morgan fingerprint density at radius 3 is 2.50 bits per heavy atom. The Hall–Kier alpha value is -1.89. The van der Waals surface area contributed by atoms with Gasteiger partial charge < -0.3 is 19.3 Å². The summed E-state index contributed by atoms with van der Waals surface area (Å²) in [6.45, 7) is 2.31. The highest BCUT2D eigenvalue weighted by Crippen LogP contribution is 2.44. The summed E-state index contributed by atoms with van der Waals surface area (Å²) in [6.07, 6.45) is 0.315. The Balaban J connectivity index is 2.23. The van der Waals surface area contributed by atoms with Gasteiger partial charge in [0.05, 0.1) is 19.5 Å². The molecule has 2 amide bonds. The van der Waals surface area contributed by atoms with Crippen LogP contribution in [0.2, 0.25) is 0 Å². The van der Waals surface area contributed by atoms with Gasteiger partial charge in [0, 0.05) is 27.1 Å². The van der Waals surface area contributed by atoms with E-state index in [1.54, 1.807) is 49.9 Å². The predicted molar refractivity (Wildman–Crippen MR) is 94.4 cm³/mol. The van der Waals surface area contributed by atoms with Gasteiger partial charge in [-0.15, -0.1) is 11.8 Å². The van der Waals surface area contributed by atoms with E-state index in [2.05, 4.69) is 0 Å². The Morgan fingerprint density at radius 1 is 1.25 bits per heavy atom. The number of hydrogen-bond donors (Lipinski definition) is 0. The van der Waals surface area contributed by atoms with Gasteiger partial charge in [-0.25, -0.2) is 0 Å². The van der Waals surface area contributed by atoms with Crippen LogP contribution in [0.5, 0.6) is 11.5 Å². The lowest BCUT2D eigenvalue weighted by Crippen LogP contribution is -2.34. The molecule has 132 valence electrons. The number of carbonyl (C=O) groups excluding carboxylic acids is 2. The van der Waals surface area contributed by atoms with Crippen LogP contribution >= 0.6 is 11.8 Å². The molecule has 0 saturated carbocycles. The first-order valence-corrected chi connectivity index (χ1v) is 8.71. The average Bonchev–Trinajstić information content (AvgIpc) is 2.86. The van der Waals surface area contributed by atoms with Crippen molar-refractivity contribution in [3.63, 3.8) is 0 Å². The van der Waals surface area contributed by atoms with E-state index in [9.17, 15) is 9.59 Å². The van der Waals surface area contributed by atoms with Gasteiger partial charge in [0.25, 0.3) is 0 Å². The van der Waals surface area contributed by atoms with E-state index in [-0.39, 0.29) is 22.4 Å². The van der Waals surface area contributed by atoms with Crippen LogP contribution < -0.4 is 9.47 Å². The third-order valence-corrected chi connectivity index (χ3v) is 5.40. The van der Waals surface area contributed by atoms with E-state index in [0.717, 1.165) is 5.56 Å². The lowest BCUT2D eigenvalue weighted by Gasteiger charge is -2.25. The number of nitrogens with zero attached hydrogens (tertiary/aromatic N) is 2. The lowest BCUT2D eigenvalue weighted by atomic mass is 10.1. The summed E-state index contributed by atoms with van der Waals surface area (Å²) in [6, 6.07) is 5.67. The standard InChI is InChI=1S/C17H24N2O4S/c1-11-16(21)19(9-8-15(20)18(2)3)17(24-11)12-6-7-13(22-4)14(10-12)23-5/h6-7,10-11,17H,8-9H2,1-5H3/t11-,17-/m1/s1. The maximum atomic E-state index is 12.5. The van der Waals surface area contributed by atoms with Crippen LogP contribution in [-0.2, 0) is 9.59 Å². The third kappa shape index (κ3) is 3.77. The van der Waals surface area contributed by atoms with E-state index >= 15 is 0 Å². The summed E-state index contributed by atoms with van der Waals surface area (Å²) in [5.41, 5.74) is 0.965. The van der Waals surface area contributed by atoms with E-state index in [1.807, 2.05) is 25.1 Å². The van der Waals surface area contributed by atoms with Crippen LogP contribution in [-0.4, -0.2) is 61.7 Å². The number of hydrogen-bond acceptors (Lipinski definition) is 5. The Labute approximate surface area is 147 Å². The summed E-state index contributed by atoms with van der Waals surface area (Å²) in [5.74, 6) is 1.36. The fourth-order valence-corrected chi connectivity index (χ4v) is 3.90. The molecule has 0 radical (unpaired) electrons. The van der Waals surface area contributed by atoms with E-state index < -0.39 is 0 Å². The van der Waals surface area contributed by atoms with Gasteiger partial charge in [0.1, 0.15) is 5.37 Å². The van der Waals surface area contributed by atoms with Gasteiger partial charge in [0.2, 0.25) is 11.8 Å². The molecule has 0 N–H and O–H groups in total. The van der Waals surface area contributed by atoms with E-state index in [0.29, 0.717) is 24.5 Å². The molecule has 0 aromatic heterocycles. The zero-order valence-corrected chi connectivity index (χ0v) is 15.6. The topological polar surface area (TPSA) is 59.1 Å². The van der Waals surface area contributed by atoms with E-state index in [4.69, 9.17) is 9.47 Å². The molecule has 0 aliphatic carbocycles. The van der Waals surface area contributed by atoms with Crippen molar-refractivity contribution >= 4 is 23.6 Å². The van der Waals surface area contributed by atoms with Crippen molar-refractivity contribution in [3.05, 3.63) is 23.8 Å². The van der Waals surface area contributed by atoms with Crippen molar-refractivity contribution in [1.82, 2.24) is 9.80 Å². The molecule has 7 heteroatoms. The van der Waals surface area contributed by atoms with Gasteiger partial charge in [0.15, 0.2) is 11.5 Å². The molecule has 0 bridgehead atoms. The zero-order chi connectivity index (χ0) is 17.9. The summed E-state index contributed by atoms with van der Waals surface area (Å²) in [5, 5.41) is -0.250. The maximum Gasteiger partial charge on any atom is 0.236 e. The second kappa shape index (κ2) is 7.79. The minimum atomic E-state index is -0.127. The SMILES string of the molecule is COc1ccc([C@H]2S[C@H](C)C(=O)N2CCC(=O)N(C)C)cc1OC. The van der Waals surface area contributed by atoms with Crippen molar-refractivity contribution < 1.29 is 19.1 Å². The molecule has 0 unspecified atom stereocenters. The van der Waals surface area contributed by atoms with E-state index in [1.165, 1.54) is 0 Å². The first-order chi connectivity index (χ1) is 11.4. The number of thioether (sulfide) groups is 1. The molecule has 1 aliphatic rings. The molecular weight excluding hydrogens is 328 g/mol. The molecule has 24 heavy (non-hydrogen) atoms. The predicted octanol–water partition coefficient (Wildman–Crippen LogP) is 2.14. The summed E-state index contributed by atoms with van der Waals surface area (Å²) < 4.78 is 10.6. The first-order valence-electron chi connectivity index (χ1n) is 7.77. The Bertz CT molecular complexity index is 621. The first kappa shape index (κ1) is 18.4. The van der Waals surface area contributed by atoms with Gasteiger partial charge in [-0.05, 0) is 24.6 Å². The Morgan fingerprint density at radius 2 is 1.92 bits per heavy atom.